The van der Waals surface area contributed by atoms with Gasteiger partial charge < -0.3 is 4.57 Å². The van der Waals surface area contributed by atoms with Gasteiger partial charge >= 0.3 is 0 Å². The van der Waals surface area contributed by atoms with Crippen LogP contribution in [-0.4, -0.2) is 19.1 Å². The van der Waals surface area contributed by atoms with Crippen LogP contribution in [0.4, 0.5) is 0 Å². The van der Waals surface area contributed by atoms with Crippen molar-refractivity contribution < 1.29 is 0 Å². The molecule has 0 bridgehead atoms. The maximum atomic E-state index is 11.8. The number of imidazole rings is 1. The summed E-state index contributed by atoms with van der Waals surface area (Å²) in [5.74, 6) is 1.43. The van der Waals surface area contributed by atoms with E-state index in [1.165, 1.54) is 6.07 Å². The summed E-state index contributed by atoms with van der Waals surface area (Å²) in [4.78, 5) is 20.1. The van der Waals surface area contributed by atoms with Gasteiger partial charge in [0.05, 0.1) is 6.54 Å². The van der Waals surface area contributed by atoms with Gasteiger partial charge in [0.25, 0.3) is 5.56 Å². The van der Waals surface area contributed by atoms with E-state index in [2.05, 4.69) is 9.97 Å². The van der Waals surface area contributed by atoms with Crippen molar-refractivity contribution in [3.8, 4) is 0 Å². The first-order valence-electron chi connectivity index (χ1n) is 5.35. The van der Waals surface area contributed by atoms with E-state index in [0.717, 1.165) is 12.4 Å². The van der Waals surface area contributed by atoms with Gasteiger partial charge in [0.2, 0.25) is 0 Å². The Hall–Kier alpha value is -1.62. The molecule has 0 radical (unpaired) electrons. The van der Waals surface area contributed by atoms with E-state index in [-0.39, 0.29) is 10.7 Å². The molecule has 0 unspecified atom stereocenters. The number of aromatic nitrogens is 4. The lowest BCUT2D eigenvalue weighted by molar-refractivity contribution is 0.617. The highest BCUT2D eigenvalue weighted by Crippen LogP contribution is 2.04. The summed E-state index contributed by atoms with van der Waals surface area (Å²) in [6.45, 7) is 5.02. The lowest BCUT2D eigenvalue weighted by Crippen LogP contribution is -2.24. The van der Waals surface area contributed by atoms with Gasteiger partial charge in [-0.2, -0.15) is 0 Å². The van der Waals surface area contributed by atoms with Crippen LogP contribution in [0, 0.1) is 6.92 Å². The zero-order valence-electron chi connectivity index (χ0n) is 9.72. The maximum absolute atomic E-state index is 11.8. The average Bonchev–Trinajstić information content (AvgIpc) is 2.70. The van der Waals surface area contributed by atoms with Gasteiger partial charge in [-0.1, -0.05) is 11.6 Å². The lowest BCUT2D eigenvalue weighted by atomic mass is 10.4. The van der Waals surface area contributed by atoms with E-state index in [9.17, 15) is 4.79 Å². The summed E-state index contributed by atoms with van der Waals surface area (Å²) in [6, 6.07) is 1.31. The van der Waals surface area contributed by atoms with Gasteiger partial charge in [0.1, 0.15) is 16.8 Å². The largest absolute Gasteiger partial charge is 0.334 e. The van der Waals surface area contributed by atoms with Gasteiger partial charge in [0.15, 0.2) is 0 Å². The molecular weight excluding hydrogens is 240 g/mol. The predicted octanol–water partition coefficient (Wildman–Crippen LogP) is 1.47. The molecule has 0 aliphatic carbocycles. The molecule has 0 aromatic carbocycles. The Bertz CT molecular complexity index is 587. The first kappa shape index (κ1) is 11.9. The quantitative estimate of drug-likeness (QED) is 0.778. The summed E-state index contributed by atoms with van der Waals surface area (Å²) in [7, 11) is 0. The summed E-state index contributed by atoms with van der Waals surface area (Å²) >= 11 is 5.72. The molecular formula is C11H13ClN4O. The van der Waals surface area contributed by atoms with E-state index < -0.39 is 0 Å². The van der Waals surface area contributed by atoms with E-state index in [1.807, 2.05) is 17.7 Å². The highest BCUT2D eigenvalue weighted by molar-refractivity contribution is 6.29. The molecule has 2 rings (SSSR count). The van der Waals surface area contributed by atoms with E-state index >= 15 is 0 Å². The fraction of sp³-hybridized carbons (Fsp3) is 0.364. The molecule has 6 heteroatoms. The molecule has 0 fully saturated rings. The number of halogens is 1. The van der Waals surface area contributed by atoms with Crippen molar-refractivity contribution in [3.63, 3.8) is 0 Å². The van der Waals surface area contributed by atoms with Crippen LogP contribution in [0.3, 0.4) is 0 Å². The first-order chi connectivity index (χ1) is 8.11. The second-order valence-corrected chi connectivity index (χ2v) is 4.07. The van der Waals surface area contributed by atoms with E-state index in [1.54, 1.807) is 17.7 Å². The van der Waals surface area contributed by atoms with E-state index in [0.29, 0.717) is 12.4 Å². The van der Waals surface area contributed by atoms with Crippen molar-refractivity contribution in [2.24, 2.45) is 0 Å². The SMILES string of the molecule is CCn1ccnc1Cn1c(C)nc(Cl)cc1=O. The minimum atomic E-state index is -0.159. The summed E-state index contributed by atoms with van der Waals surface area (Å²) in [6.07, 6.45) is 3.61. The Morgan fingerprint density at radius 2 is 2.24 bits per heavy atom. The Balaban J connectivity index is 2.40. The molecule has 0 saturated heterocycles. The zero-order chi connectivity index (χ0) is 12.4. The number of aryl methyl sites for hydroxylation is 2. The molecule has 0 aliphatic rings. The zero-order valence-corrected chi connectivity index (χ0v) is 10.5. The van der Waals surface area contributed by atoms with Crippen molar-refractivity contribution in [1.82, 2.24) is 19.1 Å². The normalized spacial score (nSPS) is 10.8. The summed E-state index contributed by atoms with van der Waals surface area (Å²) in [5, 5.41) is 0.225. The Morgan fingerprint density at radius 3 is 2.88 bits per heavy atom. The van der Waals surface area contributed by atoms with Crippen LogP contribution in [0.15, 0.2) is 23.3 Å². The lowest BCUT2D eigenvalue weighted by Gasteiger charge is -2.09. The Kier molecular flexibility index (Phi) is 3.28. The number of rotatable bonds is 3. The molecule has 0 amide bonds. The van der Waals surface area contributed by atoms with Crippen LogP contribution < -0.4 is 5.56 Å². The molecule has 90 valence electrons. The molecule has 17 heavy (non-hydrogen) atoms. The highest BCUT2D eigenvalue weighted by Gasteiger charge is 2.08. The van der Waals surface area contributed by atoms with Gasteiger partial charge in [-0.3, -0.25) is 9.36 Å². The van der Waals surface area contributed by atoms with Crippen LogP contribution in [0.1, 0.15) is 18.6 Å². The molecule has 0 aliphatic heterocycles. The molecule has 0 atom stereocenters. The molecule has 0 N–H and O–H groups in total. The van der Waals surface area contributed by atoms with Crippen LogP contribution in [-0.2, 0) is 13.1 Å². The van der Waals surface area contributed by atoms with Crippen LogP contribution in [0.5, 0.6) is 0 Å². The molecule has 0 spiro atoms. The standard InChI is InChI=1S/C11H13ClN4O/c1-3-15-5-4-13-10(15)7-16-8(2)14-9(12)6-11(16)17/h4-6H,3,7H2,1-2H3. The van der Waals surface area contributed by atoms with Crippen molar-refractivity contribution >= 4 is 11.6 Å². The third-order valence-corrected chi connectivity index (χ3v) is 2.80. The third-order valence-electron chi connectivity index (χ3n) is 2.61. The number of hydrogen-bond acceptors (Lipinski definition) is 3. The number of hydrogen-bond donors (Lipinski definition) is 0. The summed E-state index contributed by atoms with van der Waals surface area (Å²) < 4.78 is 3.54. The van der Waals surface area contributed by atoms with Gasteiger partial charge in [0, 0.05) is 25.0 Å². The van der Waals surface area contributed by atoms with Crippen molar-refractivity contribution in [2.45, 2.75) is 26.9 Å². The van der Waals surface area contributed by atoms with E-state index in [4.69, 9.17) is 11.6 Å². The van der Waals surface area contributed by atoms with Gasteiger partial charge in [-0.15, -0.1) is 0 Å². The monoisotopic (exact) mass is 252 g/mol. The molecule has 2 heterocycles. The van der Waals surface area contributed by atoms with Crippen molar-refractivity contribution in [1.29, 1.82) is 0 Å². The fourth-order valence-corrected chi connectivity index (χ4v) is 1.92. The number of nitrogens with zero attached hydrogens (tertiary/aromatic N) is 4. The van der Waals surface area contributed by atoms with Crippen LogP contribution in [0.25, 0.3) is 0 Å². The average molecular weight is 253 g/mol. The van der Waals surface area contributed by atoms with Gasteiger partial charge in [-0.05, 0) is 13.8 Å². The van der Waals surface area contributed by atoms with Crippen molar-refractivity contribution in [3.05, 3.63) is 45.6 Å². The van der Waals surface area contributed by atoms with Gasteiger partial charge in [-0.25, -0.2) is 9.97 Å². The summed E-state index contributed by atoms with van der Waals surface area (Å²) in [5.41, 5.74) is -0.159. The predicted molar refractivity (Wildman–Crippen MR) is 65.2 cm³/mol. The molecule has 2 aromatic heterocycles. The topological polar surface area (TPSA) is 52.7 Å². The second kappa shape index (κ2) is 4.71. The highest BCUT2D eigenvalue weighted by atomic mass is 35.5. The third kappa shape index (κ3) is 2.39. The second-order valence-electron chi connectivity index (χ2n) is 3.68. The Morgan fingerprint density at radius 1 is 1.47 bits per heavy atom. The van der Waals surface area contributed by atoms with Crippen molar-refractivity contribution in [2.75, 3.05) is 0 Å². The maximum Gasteiger partial charge on any atom is 0.255 e. The molecule has 0 saturated carbocycles. The Labute approximate surface area is 104 Å². The smallest absolute Gasteiger partial charge is 0.255 e. The molecule has 2 aromatic rings. The van der Waals surface area contributed by atoms with Crippen LogP contribution >= 0.6 is 11.6 Å². The minimum absolute atomic E-state index is 0.159. The van der Waals surface area contributed by atoms with Crippen LogP contribution in [0.2, 0.25) is 5.15 Å². The minimum Gasteiger partial charge on any atom is -0.334 e. The first-order valence-corrected chi connectivity index (χ1v) is 5.73. The molecule has 5 nitrogen and oxygen atoms in total. The fourth-order valence-electron chi connectivity index (χ4n) is 1.70.